The van der Waals surface area contributed by atoms with Crippen molar-refractivity contribution in [3.05, 3.63) is 30.1 Å². The average Bonchev–Trinajstić information content (AvgIpc) is 2.46. The molecular formula is C15H25N3O. The monoisotopic (exact) mass is 263 g/mol. The number of nitrogens with one attached hydrogen (secondary N) is 1. The maximum atomic E-state index is 5.90. The lowest BCUT2D eigenvalue weighted by Gasteiger charge is -2.23. The van der Waals surface area contributed by atoms with Gasteiger partial charge in [0.05, 0.1) is 11.8 Å². The van der Waals surface area contributed by atoms with Crippen LogP contribution in [0.4, 0.5) is 0 Å². The number of hydrogen-bond donors (Lipinski definition) is 1. The molecule has 1 aromatic heterocycles. The first-order valence-corrected chi connectivity index (χ1v) is 7.25. The molecule has 1 aliphatic heterocycles. The SMILES string of the molecule is CN(CCCOC1CCNCC1)Cc1ccccn1. The summed E-state index contributed by atoms with van der Waals surface area (Å²) >= 11 is 0. The first-order chi connectivity index (χ1) is 9.34. The molecule has 0 radical (unpaired) electrons. The van der Waals surface area contributed by atoms with Gasteiger partial charge in [-0.25, -0.2) is 0 Å². The van der Waals surface area contributed by atoms with Crippen molar-refractivity contribution in [1.82, 2.24) is 15.2 Å². The van der Waals surface area contributed by atoms with Crippen LogP contribution < -0.4 is 5.32 Å². The molecule has 0 bridgehead atoms. The molecule has 4 nitrogen and oxygen atoms in total. The highest BCUT2D eigenvalue weighted by Gasteiger charge is 2.12. The minimum Gasteiger partial charge on any atom is -0.378 e. The minimum atomic E-state index is 0.474. The Hall–Kier alpha value is -0.970. The summed E-state index contributed by atoms with van der Waals surface area (Å²) in [5, 5.41) is 3.36. The van der Waals surface area contributed by atoms with E-state index in [4.69, 9.17) is 4.74 Å². The topological polar surface area (TPSA) is 37.4 Å². The number of rotatable bonds is 7. The van der Waals surface area contributed by atoms with Crippen LogP contribution in [0.3, 0.4) is 0 Å². The molecule has 4 heteroatoms. The molecule has 1 N–H and O–H groups in total. The van der Waals surface area contributed by atoms with Crippen LogP contribution in [0.5, 0.6) is 0 Å². The summed E-state index contributed by atoms with van der Waals surface area (Å²) in [6.07, 6.45) is 5.73. The van der Waals surface area contributed by atoms with Crippen LogP contribution in [0.1, 0.15) is 25.0 Å². The molecule has 2 heterocycles. The number of ether oxygens (including phenoxy) is 1. The number of piperidine rings is 1. The lowest BCUT2D eigenvalue weighted by Crippen LogP contribution is -2.33. The molecule has 1 aromatic rings. The fraction of sp³-hybridized carbons (Fsp3) is 0.667. The lowest BCUT2D eigenvalue weighted by atomic mass is 10.1. The number of pyridine rings is 1. The van der Waals surface area contributed by atoms with Gasteiger partial charge in [0.15, 0.2) is 0 Å². The zero-order valence-electron chi connectivity index (χ0n) is 11.8. The van der Waals surface area contributed by atoms with E-state index in [9.17, 15) is 0 Å². The van der Waals surface area contributed by atoms with Crippen molar-refractivity contribution in [2.75, 3.05) is 33.3 Å². The molecule has 0 atom stereocenters. The molecule has 0 saturated carbocycles. The van der Waals surface area contributed by atoms with Crippen LogP contribution in [-0.2, 0) is 11.3 Å². The minimum absolute atomic E-state index is 0.474. The second-order valence-corrected chi connectivity index (χ2v) is 5.23. The van der Waals surface area contributed by atoms with E-state index in [0.717, 1.165) is 57.7 Å². The molecule has 106 valence electrons. The Kier molecular flexibility index (Phi) is 6.27. The van der Waals surface area contributed by atoms with Gasteiger partial charge in [-0.05, 0) is 51.5 Å². The summed E-state index contributed by atoms with van der Waals surface area (Å²) in [4.78, 5) is 6.64. The average molecular weight is 263 g/mol. The second kappa shape index (κ2) is 8.25. The maximum Gasteiger partial charge on any atom is 0.0599 e. The van der Waals surface area contributed by atoms with Crippen LogP contribution >= 0.6 is 0 Å². The van der Waals surface area contributed by atoms with Crippen molar-refractivity contribution in [3.63, 3.8) is 0 Å². The molecule has 2 rings (SSSR count). The van der Waals surface area contributed by atoms with Crippen molar-refractivity contribution in [3.8, 4) is 0 Å². The fourth-order valence-electron chi connectivity index (χ4n) is 2.39. The number of nitrogens with zero attached hydrogens (tertiary/aromatic N) is 2. The molecule has 0 amide bonds. The van der Waals surface area contributed by atoms with E-state index in [1.807, 2.05) is 18.3 Å². The standard InChI is InChI=1S/C15H25N3O/c1-18(13-14-5-2-3-8-17-14)11-4-12-19-15-6-9-16-10-7-15/h2-3,5,8,15-16H,4,6-7,9-13H2,1H3. The molecule has 0 aromatic carbocycles. The molecular weight excluding hydrogens is 238 g/mol. The van der Waals surface area contributed by atoms with Crippen LogP contribution in [-0.4, -0.2) is 49.3 Å². The van der Waals surface area contributed by atoms with Crippen molar-refractivity contribution < 1.29 is 4.74 Å². The van der Waals surface area contributed by atoms with Gasteiger partial charge >= 0.3 is 0 Å². The molecule has 1 aliphatic rings. The van der Waals surface area contributed by atoms with Gasteiger partial charge in [0.1, 0.15) is 0 Å². The van der Waals surface area contributed by atoms with E-state index < -0.39 is 0 Å². The largest absolute Gasteiger partial charge is 0.378 e. The van der Waals surface area contributed by atoms with E-state index in [1.165, 1.54) is 0 Å². The first kappa shape index (κ1) is 14.4. The van der Waals surface area contributed by atoms with Crippen molar-refractivity contribution in [2.45, 2.75) is 31.9 Å². The Labute approximate surface area is 116 Å². The smallest absolute Gasteiger partial charge is 0.0599 e. The van der Waals surface area contributed by atoms with Crippen molar-refractivity contribution >= 4 is 0 Å². The summed E-state index contributed by atoms with van der Waals surface area (Å²) < 4.78 is 5.90. The molecule has 1 saturated heterocycles. The van der Waals surface area contributed by atoms with Crippen LogP contribution in [0.25, 0.3) is 0 Å². The summed E-state index contributed by atoms with van der Waals surface area (Å²) in [7, 11) is 2.14. The van der Waals surface area contributed by atoms with Crippen molar-refractivity contribution in [1.29, 1.82) is 0 Å². The first-order valence-electron chi connectivity index (χ1n) is 7.25. The van der Waals surface area contributed by atoms with Gasteiger partial charge in [0, 0.05) is 25.9 Å². The third-order valence-corrected chi connectivity index (χ3v) is 3.48. The van der Waals surface area contributed by atoms with Crippen LogP contribution in [0.15, 0.2) is 24.4 Å². The highest BCUT2D eigenvalue weighted by atomic mass is 16.5. The molecule has 1 fully saturated rings. The van der Waals surface area contributed by atoms with Gasteiger partial charge in [-0.1, -0.05) is 6.07 Å². The molecule has 19 heavy (non-hydrogen) atoms. The van der Waals surface area contributed by atoms with Gasteiger partial charge in [0.2, 0.25) is 0 Å². The van der Waals surface area contributed by atoms with Crippen LogP contribution in [0.2, 0.25) is 0 Å². The summed E-state index contributed by atoms with van der Waals surface area (Å²) in [6.45, 7) is 5.04. The predicted octanol–water partition coefficient (Wildman–Crippen LogP) is 1.67. The zero-order chi connectivity index (χ0) is 13.3. The quantitative estimate of drug-likeness (QED) is 0.759. The van der Waals surface area contributed by atoms with Gasteiger partial charge in [-0.15, -0.1) is 0 Å². The number of aromatic nitrogens is 1. The molecule has 0 aliphatic carbocycles. The van der Waals surface area contributed by atoms with Gasteiger partial charge < -0.3 is 15.0 Å². The highest BCUT2D eigenvalue weighted by molar-refractivity contribution is 5.02. The van der Waals surface area contributed by atoms with Gasteiger partial charge in [-0.3, -0.25) is 4.98 Å². The fourth-order valence-corrected chi connectivity index (χ4v) is 2.39. The third-order valence-electron chi connectivity index (χ3n) is 3.48. The predicted molar refractivity (Wildman–Crippen MR) is 77.0 cm³/mol. The summed E-state index contributed by atoms with van der Waals surface area (Å²) in [5.74, 6) is 0. The van der Waals surface area contributed by atoms with E-state index in [1.54, 1.807) is 0 Å². The summed E-state index contributed by atoms with van der Waals surface area (Å²) in [6, 6.07) is 6.06. The Bertz CT molecular complexity index is 339. The zero-order valence-corrected chi connectivity index (χ0v) is 11.8. The van der Waals surface area contributed by atoms with E-state index in [0.29, 0.717) is 6.10 Å². The Morgan fingerprint density at radius 2 is 2.21 bits per heavy atom. The Balaban J connectivity index is 1.55. The van der Waals surface area contributed by atoms with E-state index >= 15 is 0 Å². The Morgan fingerprint density at radius 1 is 1.37 bits per heavy atom. The molecule has 0 spiro atoms. The normalized spacial score (nSPS) is 16.9. The van der Waals surface area contributed by atoms with Crippen LogP contribution in [0, 0.1) is 0 Å². The van der Waals surface area contributed by atoms with Gasteiger partial charge in [-0.2, -0.15) is 0 Å². The second-order valence-electron chi connectivity index (χ2n) is 5.23. The van der Waals surface area contributed by atoms with Gasteiger partial charge in [0.25, 0.3) is 0 Å². The van der Waals surface area contributed by atoms with E-state index in [-0.39, 0.29) is 0 Å². The van der Waals surface area contributed by atoms with Crippen molar-refractivity contribution in [2.24, 2.45) is 0 Å². The number of hydrogen-bond acceptors (Lipinski definition) is 4. The maximum absolute atomic E-state index is 5.90. The summed E-state index contributed by atoms with van der Waals surface area (Å²) in [5.41, 5.74) is 1.13. The molecule has 0 unspecified atom stereocenters. The third kappa shape index (κ3) is 5.68. The lowest BCUT2D eigenvalue weighted by molar-refractivity contribution is 0.0284. The van der Waals surface area contributed by atoms with E-state index in [2.05, 4.69) is 28.3 Å². The highest BCUT2D eigenvalue weighted by Crippen LogP contribution is 2.07. The Morgan fingerprint density at radius 3 is 2.95 bits per heavy atom.